The number of aromatic nitrogens is 4. The van der Waals surface area contributed by atoms with Gasteiger partial charge in [-0.2, -0.15) is 0 Å². The smallest absolute Gasteiger partial charge is 0.410 e. The van der Waals surface area contributed by atoms with Gasteiger partial charge in [0, 0.05) is 67.5 Å². The number of nitrogens with zero attached hydrogens (tertiary/aromatic N) is 6. The third-order valence-corrected chi connectivity index (χ3v) is 13.0. The van der Waals surface area contributed by atoms with Crippen LogP contribution in [-0.4, -0.2) is 90.8 Å². The summed E-state index contributed by atoms with van der Waals surface area (Å²) in [5.41, 5.74) is 20.4. The number of carbonyl (C=O) groups excluding carboxylic acids is 1. The van der Waals surface area contributed by atoms with Crippen LogP contribution in [0.3, 0.4) is 0 Å². The molecular weight excluding hydrogens is 916 g/mol. The minimum atomic E-state index is -0.433. The molecule has 4 aromatic carbocycles. The van der Waals surface area contributed by atoms with Crippen LogP contribution in [0.5, 0.6) is 0 Å². The van der Waals surface area contributed by atoms with Gasteiger partial charge in [-0.05, 0) is 130 Å². The lowest BCUT2D eigenvalue weighted by atomic mass is 9.97. The lowest BCUT2D eigenvalue weighted by Crippen LogP contribution is -2.43. The number of anilines is 1. The number of halogens is 1. The Labute approximate surface area is 415 Å². The van der Waals surface area contributed by atoms with Gasteiger partial charge in [-0.25, -0.2) is 24.7 Å². The second kappa shape index (κ2) is 24.5. The number of nitrogens with one attached hydrogen (secondary N) is 1. The molecule has 3 saturated heterocycles. The molecule has 12 nitrogen and oxygen atoms in total. The number of likely N-dealkylation sites (tertiary alicyclic amines) is 1. The molecule has 0 aliphatic carbocycles. The number of piperidine rings is 3. The summed E-state index contributed by atoms with van der Waals surface area (Å²) in [6.07, 6.45) is 9.13. The highest BCUT2D eigenvalue weighted by atomic mass is 35.5. The molecule has 0 saturated carbocycles. The van der Waals surface area contributed by atoms with E-state index in [0.29, 0.717) is 39.9 Å². The normalized spacial score (nSPS) is 15.8. The molecule has 3 aliphatic rings. The molecule has 0 atom stereocenters. The summed E-state index contributed by atoms with van der Waals surface area (Å²) in [6, 6.07) is 33.1. The molecule has 0 unspecified atom stereocenters. The molecule has 352 valence electrons. The van der Waals surface area contributed by atoms with Crippen LogP contribution in [-0.2, 0) is 4.74 Å². The number of nitrogens with two attached hydrogens (primary N) is 3. The van der Waals surface area contributed by atoms with Crippen LogP contribution in [0.25, 0.3) is 44.1 Å². The quantitative estimate of drug-likeness (QED) is 0.0917. The number of fused-ring (bicyclic) bond motifs is 2. The van der Waals surface area contributed by atoms with E-state index >= 15 is 0 Å². The monoisotopic (exact) mass is 976 g/mol. The Balaban J connectivity index is 0.000000156. The number of thiocarbonyl (C=S) groups is 3. The highest BCUT2D eigenvalue weighted by molar-refractivity contribution is 7.80. The van der Waals surface area contributed by atoms with Gasteiger partial charge < -0.3 is 37.1 Å². The van der Waals surface area contributed by atoms with E-state index in [1.54, 1.807) is 11.1 Å². The van der Waals surface area contributed by atoms with Crippen LogP contribution in [0.4, 0.5) is 10.7 Å². The average molecular weight is 978 g/mol. The maximum Gasteiger partial charge on any atom is 0.410 e. The van der Waals surface area contributed by atoms with E-state index in [2.05, 4.69) is 91.9 Å². The van der Waals surface area contributed by atoms with Gasteiger partial charge in [0.2, 0.25) is 11.2 Å². The Morgan fingerprint density at radius 1 is 0.627 bits per heavy atom. The maximum absolute atomic E-state index is 11.7. The Bertz CT molecular complexity index is 2620. The largest absolute Gasteiger partial charge is 0.444 e. The molecule has 0 radical (unpaired) electrons. The lowest BCUT2D eigenvalue weighted by molar-refractivity contribution is 0.0202. The van der Waals surface area contributed by atoms with Crippen LogP contribution in [0, 0.1) is 17.8 Å². The first-order chi connectivity index (χ1) is 32.1. The van der Waals surface area contributed by atoms with Gasteiger partial charge in [0.05, 0.1) is 26.4 Å². The number of amides is 1. The van der Waals surface area contributed by atoms with Crippen LogP contribution in [0.1, 0.15) is 59.3 Å². The van der Waals surface area contributed by atoms with Crippen molar-refractivity contribution in [3.63, 3.8) is 0 Å². The first-order valence-corrected chi connectivity index (χ1v) is 24.4. The molecule has 2 aromatic heterocycles. The SMILES string of the molecule is CC(C)(C)OC(=O)N1CCC(C(N)=S)CC1.Clc1nccc(-c2ccc3ccccc3c2)n1.NC(=S)C1CCN(c2nccc(-c3ccc4ccccc4c3)n2)CC1.NC(=S)C1CCNCC1. The minimum absolute atomic E-state index is 0.242. The summed E-state index contributed by atoms with van der Waals surface area (Å²) >= 11 is 20.7. The number of hydrogen-bond acceptors (Lipinski definition) is 11. The zero-order chi connectivity index (χ0) is 47.9. The van der Waals surface area contributed by atoms with E-state index in [4.69, 9.17) is 75.2 Å². The van der Waals surface area contributed by atoms with Crippen molar-refractivity contribution in [3.8, 4) is 22.5 Å². The zero-order valence-electron chi connectivity index (χ0n) is 38.4. The van der Waals surface area contributed by atoms with Gasteiger partial charge in [0.15, 0.2) is 0 Å². The van der Waals surface area contributed by atoms with Gasteiger partial charge >= 0.3 is 6.09 Å². The standard InChI is InChI=1S/C20H20N4S.C14H9ClN2.C11H20N2O2S.C6H12N2S/c21-19(25)15-8-11-24(12-9-15)20-22-10-7-18(23-20)17-6-5-14-3-1-2-4-16(14)13-17;15-14-16-8-7-13(17-14)12-6-5-10-3-1-2-4-11(10)9-12;1-11(2,3)15-10(14)13-6-4-8(5-7-13)9(12)16;7-6(9)5-1-3-8-4-2-5/h1-7,10,13,15H,8-9,11-12H2,(H2,21,25);1-9H;8H,4-7H2,1-3H3,(H2,12,16);5,8H,1-4H2,(H2,7,9). The van der Waals surface area contributed by atoms with Crippen molar-refractivity contribution in [1.82, 2.24) is 30.2 Å². The zero-order valence-corrected chi connectivity index (χ0v) is 41.6. The Kier molecular flexibility index (Phi) is 18.7. The molecule has 3 aliphatic heterocycles. The van der Waals surface area contributed by atoms with Crippen molar-refractivity contribution in [2.75, 3.05) is 44.2 Å². The van der Waals surface area contributed by atoms with Crippen molar-refractivity contribution in [2.24, 2.45) is 35.0 Å². The number of rotatable bonds is 6. The van der Waals surface area contributed by atoms with Crippen molar-refractivity contribution in [3.05, 3.63) is 115 Å². The summed E-state index contributed by atoms with van der Waals surface area (Å²) in [7, 11) is 0. The van der Waals surface area contributed by atoms with E-state index in [1.807, 2.05) is 57.3 Å². The van der Waals surface area contributed by atoms with E-state index in [-0.39, 0.29) is 17.3 Å². The fourth-order valence-electron chi connectivity index (χ4n) is 8.00. The van der Waals surface area contributed by atoms with E-state index in [0.717, 1.165) is 93.2 Å². The number of hydrogen-bond donors (Lipinski definition) is 4. The first-order valence-electron chi connectivity index (χ1n) is 22.7. The molecule has 0 spiro atoms. The molecule has 67 heavy (non-hydrogen) atoms. The Morgan fingerprint density at radius 2 is 1.07 bits per heavy atom. The van der Waals surface area contributed by atoms with Crippen LogP contribution in [0.2, 0.25) is 5.28 Å². The third-order valence-electron chi connectivity index (χ3n) is 11.8. The molecule has 6 aromatic rings. The fraction of sp³-hybridized carbons (Fsp3) is 0.373. The van der Waals surface area contributed by atoms with E-state index < -0.39 is 5.60 Å². The molecule has 0 bridgehead atoms. The second-order valence-corrected chi connectivity index (χ2v) is 19.6. The lowest BCUT2D eigenvalue weighted by Gasteiger charge is -2.33. The third kappa shape index (κ3) is 15.5. The van der Waals surface area contributed by atoms with Crippen LogP contribution in [0.15, 0.2) is 109 Å². The van der Waals surface area contributed by atoms with Gasteiger partial charge in [-0.1, -0.05) is 109 Å². The highest BCUT2D eigenvalue weighted by Crippen LogP contribution is 2.27. The highest BCUT2D eigenvalue weighted by Gasteiger charge is 2.28. The topological polar surface area (TPSA) is 174 Å². The summed E-state index contributed by atoms with van der Waals surface area (Å²) in [5, 5.41) is 8.40. The van der Waals surface area contributed by atoms with Crippen molar-refractivity contribution >= 4 is 96.8 Å². The summed E-state index contributed by atoms with van der Waals surface area (Å²) < 4.78 is 5.30. The molecular formula is C51H61ClN10O2S3. The van der Waals surface area contributed by atoms with Gasteiger partial charge in [0.25, 0.3) is 0 Å². The van der Waals surface area contributed by atoms with Gasteiger partial charge in [-0.15, -0.1) is 0 Å². The molecule has 9 rings (SSSR count). The Hall–Kier alpha value is -5.45. The first kappa shape index (κ1) is 51.0. The molecule has 5 heterocycles. The predicted octanol–water partition coefficient (Wildman–Crippen LogP) is 9.94. The molecule has 1 amide bonds. The Morgan fingerprint density at radius 3 is 1.54 bits per heavy atom. The molecule has 7 N–H and O–H groups in total. The van der Waals surface area contributed by atoms with Gasteiger partial charge in [0.1, 0.15) is 5.60 Å². The predicted molar refractivity (Wildman–Crippen MR) is 286 cm³/mol. The summed E-state index contributed by atoms with van der Waals surface area (Å²) in [4.78, 5) is 34.9. The van der Waals surface area contributed by atoms with Crippen molar-refractivity contribution < 1.29 is 9.53 Å². The fourth-order valence-corrected chi connectivity index (χ4v) is 8.85. The number of carbonyl (C=O) groups is 1. The minimum Gasteiger partial charge on any atom is -0.444 e. The van der Waals surface area contributed by atoms with E-state index in [1.165, 1.54) is 21.5 Å². The second-order valence-electron chi connectivity index (χ2n) is 17.8. The number of benzene rings is 4. The van der Waals surface area contributed by atoms with E-state index in [9.17, 15) is 4.79 Å². The van der Waals surface area contributed by atoms with Gasteiger partial charge in [-0.3, -0.25) is 0 Å². The summed E-state index contributed by atoms with van der Waals surface area (Å²) in [6.45, 7) is 10.9. The molecule has 16 heteroatoms. The van der Waals surface area contributed by atoms with Crippen molar-refractivity contribution in [1.29, 1.82) is 0 Å². The van der Waals surface area contributed by atoms with Crippen molar-refractivity contribution in [2.45, 2.75) is 64.9 Å². The number of ether oxygens (including phenoxy) is 1. The average Bonchev–Trinajstić information content (AvgIpc) is 3.34. The summed E-state index contributed by atoms with van der Waals surface area (Å²) in [5.74, 6) is 1.90. The molecule has 3 fully saturated rings. The van der Waals surface area contributed by atoms with Crippen LogP contribution >= 0.6 is 48.3 Å². The maximum atomic E-state index is 11.7. The van der Waals surface area contributed by atoms with Crippen LogP contribution < -0.4 is 27.4 Å².